The van der Waals surface area contributed by atoms with Gasteiger partial charge in [0.05, 0.1) is 0 Å². The summed E-state index contributed by atoms with van der Waals surface area (Å²) in [5.74, 6) is 0.528. The minimum Gasteiger partial charge on any atom is -0.147 e. The minimum absolute atomic E-state index is 0. The van der Waals surface area contributed by atoms with Gasteiger partial charge in [0.25, 0.3) is 0 Å². The minimum atomic E-state index is -0.296. The van der Waals surface area contributed by atoms with E-state index in [1.54, 1.807) is 0 Å². The molecule has 0 spiro atoms. The third-order valence-electron chi connectivity index (χ3n) is 6.12. The molecule has 0 aromatic heterocycles. The van der Waals surface area contributed by atoms with E-state index in [9.17, 15) is 0 Å². The summed E-state index contributed by atoms with van der Waals surface area (Å²) in [5.41, 5.74) is 14.4. The Bertz CT molecular complexity index is 921. The average Bonchev–Trinajstić information content (AvgIpc) is 2.81. The fraction of sp³-hybridized carbons (Fsp3) is 0.360. The van der Waals surface area contributed by atoms with E-state index in [1.807, 2.05) is 0 Å². The van der Waals surface area contributed by atoms with Crippen LogP contribution in [0.3, 0.4) is 0 Å². The standard InChI is InChI=1S/C16H19.C9H12N.2ClH.Ti/c1-10-8-6-7-9-15(10)16-13(4)11(2)12(3)14(16)5;1-6-4-7(2)9(10)8(3)5-6;;;/h6-9,13H,1H2,2-5H3;4-5,10H,1-3H3;2*1H;/q;-1;;;+1. The van der Waals surface area contributed by atoms with Crippen molar-refractivity contribution in [1.29, 1.82) is 0 Å². The average molecular weight is 466 g/mol. The zero-order valence-corrected chi connectivity index (χ0v) is 21.8. The molecule has 0 fully saturated rings. The molecule has 0 aliphatic heterocycles. The van der Waals surface area contributed by atoms with Crippen molar-refractivity contribution in [3.8, 4) is 0 Å². The van der Waals surface area contributed by atoms with Crippen molar-refractivity contribution in [2.24, 2.45) is 5.92 Å². The summed E-state index contributed by atoms with van der Waals surface area (Å²) >= 11 is -0.296. The number of nitrogens with one attached hydrogen (secondary N) is 1. The summed E-state index contributed by atoms with van der Waals surface area (Å²) in [4.78, 5) is 0. The van der Waals surface area contributed by atoms with Gasteiger partial charge in [-0.1, -0.05) is 0 Å². The van der Waals surface area contributed by atoms with Gasteiger partial charge in [-0.25, -0.2) is 0 Å². The Morgan fingerprint density at radius 1 is 0.862 bits per heavy atom. The van der Waals surface area contributed by atoms with E-state index in [0.29, 0.717) is 5.92 Å². The molecule has 0 amide bonds. The van der Waals surface area contributed by atoms with Crippen molar-refractivity contribution >= 4 is 36.1 Å². The van der Waals surface area contributed by atoms with Gasteiger partial charge < -0.3 is 0 Å². The molecule has 2 aromatic carbocycles. The monoisotopic (exact) mass is 465 g/mol. The molecule has 1 aliphatic rings. The number of aryl methyl sites for hydroxylation is 3. The van der Waals surface area contributed by atoms with Gasteiger partial charge in [-0.15, -0.1) is 24.8 Å². The number of hydrogen-bond acceptors (Lipinski definition) is 1. The molecule has 4 heteroatoms. The first-order valence-electron chi connectivity index (χ1n) is 9.84. The normalized spacial score (nSPS) is 15.8. The molecule has 29 heavy (non-hydrogen) atoms. The van der Waals surface area contributed by atoms with Crippen molar-refractivity contribution in [2.75, 3.05) is 3.80 Å². The van der Waals surface area contributed by atoms with Gasteiger partial charge in [0, 0.05) is 0 Å². The molecule has 3 rings (SSSR count). The van der Waals surface area contributed by atoms with Crippen LogP contribution in [0.5, 0.6) is 0 Å². The van der Waals surface area contributed by atoms with Crippen LogP contribution in [0.4, 0.5) is 5.69 Å². The molecule has 2 aromatic rings. The third-order valence-corrected chi connectivity index (χ3v) is 7.65. The van der Waals surface area contributed by atoms with Crippen molar-refractivity contribution < 1.29 is 19.4 Å². The van der Waals surface area contributed by atoms with Crippen LogP contribution in [0.2, 0.25) is 0 Å². The Morgan fingerprint density at radius 2 is 1.45 bits per heavy atom. The zero-order valence-electron chi connectivity index (χ0n) is 18.6. The van der Waals surface area contributed by atoms with Crippen LogP contribution < -0.4 is 3.80 Å². The van der Waals surface area contributed by atoms with Gasteiger partial charge in [-0.05, 0) is 0 Å². The second-order valence-electron chi connectivity index (χ2n) is 7.98. The molecule has 0 radical (unpaired) electrons. The quantitative estimate of drug-likeness (QED) is 0.443. The van der Waals surface area contributed by atoms with Crippen LogP contribution in [-0.2, 0) is 24.1 Å². The maximum Gasteiger partial charge on any atom is -0.147 e. The first-order valence-corrected chi connectivity index (χ1v) is 11.7. The number of benzene rings is 2. The van der Waals surface area contributed by atoms with E-state index in [1.165, 1.54) is 55.8 Å². The van der Waals surface area contributed by atoms with Crippen LogP contribution in [0.15, 0.2) is 53.1 Å². The second kappa shape index (κ2) is 10.9. The van der Waals surface area contributed by atoms with E-state index in [4.69, 9.17) is 0 Å². The summed E-state index contributed by atoms with van der Waals surface area (Å²) in [6, 6.07) is 13.6. The van der Waals surface area contributed by atoms with Crippen LogP contribution >= 0.6 is 24.8 Å². The van der Waals surface area contributed by atoms with Crippen molar-refractivity contribution in [3.05, 3.63) is 80.9 Å². The van der Waals surface area contributed by atoms with Gasteiger partial charge in [0.2, 0.25) is 0 Å². The molecule has 0 heterocycles. The van der Waals surface area contributed by atoms with Gasteiger partial charge in [-0.3, -0.25) is 0 Å². The number of halogens is 2. The Morgan fingerprint density at radius 3 is 2.00 bits per heavy atom. The van der Waals surface area contributed by atoms with Gasteiger partial charge >= 0.3 is 175 Å². The predicted octanol–water partition coefficient (Wildman–Crippen LogP) is 7.82. The fourth-order valence-corrected chi connectivity index (χ4v) is 6.15. The molecule has 1 unspecified atom stereocenters. The van der Waals surface area contributed by atoms with Crippen molar-refractivity contribution in [3.63, 3.8) is 0 Å². The number of anilines is 1. The Hall–Kier alpha value is -0.986. The summed E-state index contributed by atoms with van der Waals surface area (Å²) in [6.07, 6.45) is 0. The van der Waals surface area contributed by atoms with Crippen molar-refractivity contribution in [2.45, 2.75) is 53.2 Å². The van der Waals surface area contributed by atoms with Crippen LogP contribution in [0, 0.1) is 26.7 Å². The van der Waals surface area contributed by atoms with E-state index < -0.39 is 0 Å². The van der Waals surface area contributed by atoms with Gasteiger partial charge in [0.1, 0.15) is 0 Å². The summed E-state index contributed by atoms with van der Waals surface area (Å²) < 4.78 is 4.97. The third kappa shape index (κ3) is 5.39. The SMILES string of the molecule is CC1=C(C)C(C)C(c2ccccc2[CH2][Ti][NH]c2c(C)cc(C)cc2C)=C1C.Cl.Cl. The summed E-state index contributed by atoms with van der Waals surface area (Å²) in [6.45, 7) is 15.8. The van der Waals surface area contributed by atoms with Crippen LogP contribution in [0.1, 0.15) is 55.5 Å². The zero-order chi connectivity index (χ0) is 19.7. The molecule has 1 aliphatic carbocycles. The largest absolute Gasteiger partial charge is 0.147 e. The molecule has 0 bridgehead atoms. The van der Waals surface area contributed by atoms with E-state index in [0.717, 1.165) is 4.73 Å². The maximum atomic E-state index is 3.81. The van der Waals surface area contributed by atoms with E-state index >= 15 is 0 Å². The Labute approximate surface area is 198 Å². The topological polar surface area (TPSA) is 12.0 Å². The molecular weight excluding hydrogens is 433 g/mol. The van der Waals surface area contributed by atoms with Crippen molar-refractivity contribution in [1.82, 2.24) is 0 Å². The van der Waals surface area contributed by atoms with E-state index in [-0.39, 0.29) is 44.2 Å². The fourth-order valence-electron chi connectivity index (χ4n) is 4.34. The number of allylic oxidation sites excluding steroid dienone is 4. The van der Waals surface area contributed by atoms with Gasteiger partial charge in [-0.2, -0.15) is 0 Å². The molecule has 0 saturated carbocycles. The molecule has 156 valence electrons. The maximum absolute atomic E-state index is 3.81. The first-order chi connectivity index (χ1) is 12.8. The summed E-state index contributed by atoms with van der Waals surface area (Å²) in [5, 5.41) is 0. The summed E-state index contributed by atoms with van der Waals surface area (Å²) in [7, 11) is 0. The molecule has 1 atom stereocenters. The molecule has 1 N–H and O–H groups in total. The number of rotatable bonds is 5. The Balaban J connectivity index is 0.00000210. The number of hydrogen-bond donors (Lipinski definition) is 1. The molecule has 0 saturated heterocycles. The second-order valence-corrected chi connectivity index (χ2v) is 9.47. The van der Waals surface area contributed by atoms with E-state index in [2.05, 4.69) is 88.7 Å². The smallest absolute Gasteiger partial charge is 0.147 e. The molecule has 1 nitrogen and oxygen atoms in total. The Kier molecular flexibility index (Phi) is 9.76. The van der Waals surface area contributed by atoms with Crippen LogP contribution in [0.25, 0.3) is 5.57 Å². The van der Waals surface area contributed by atoms with Gasteiger partial charge in [0.15, 0.2) is 0 Å². The first kappa shape index (κ1) is 26.0. The molecular formula is C25H33Cl2NTi. The predicted molar refractivity (Wildman–Crippen MR) is 129 cm³/mol. The van der Waals surface area contributed by atoms with Crippen LogP contribution in [-0.4, -0.2) is 0 Å².